The Morgan fingerprint density at radius 3 is 2.20 bits per heavy atom. The average Bonchev–Trinajstić information content (AvgIpc) is 2.93. The lowest BCUT2D eigenvalue weighted by atomic mass is 9.95. The maximum atomic E-state index is 14.0. The Kier molecular flexibility index (Phi) is 9.45. The fourth-order valence-corrected chi connectivity index (χ4v) is 5.41. The highest BCUT2D eigenvalue weighted by atomic mass is 35.5. The normalized spacial score (nSPS) is 18.0. The monoisotopic (exact) mass is 582 g/mol. The van der Waals surface area contributed by atoms with E-state index in [-0.39, 0.29) is 47.7 Å². The first-order chi connectivity index (χ1) is 19.0. The second-order valence-corrected chi connectivity index (χ2v) is 10.7. The number of methoxy groups -OCH3 is 1. The molecule has 12 heteroatoms. The number of aromatic nitrogens is 1. The number of alkyl halides is 3. The van der Waals surface area contributed by atoms with E-state index in [1.807, 2.05) is 0 Å². The number of anilines is 1. The van der Waals surface area contributed by atoms with Gasteiger partial charge in [-0.2, -0.15) is 13.2 Å². The topological polar surface area (TPSA) is 75.2 Å². The van der Waals surface area contributed by atoms with E-state index in [0.717, 1.165) is 12.8 Å². The van der Waals surface area contributed by atoms with Crippen LogP contribution in [-0.4, -0.2) is 92.4 Å². The van der Waals surface area contributed by atoms with Gasteiger partial charge in [0, 0.05) is 40.3 Å². The summed E-state index contributed by atoms with van der Waals surface area (Å²) >= 11 is 6.27. The van der Waals surface area contributed by atoms with E-state index in [9.17, 15) is 22.8 Å². The summed E-state index contributed by atoms with van der Waals surface area (Å²) in [5.41, 5.74) is 0.222. The smallest absolute Gasteiger partial charge is 0.404 e. The van der Waals surface area contributed by atoms with Gasteiger partial charge in [0.2, 0.25) is 5.91 Å². The molecule has 2 aromatic rings. The van der Waals surface area contributed by atoms with Crippen LogP contribution < -0.4 is 9.64 Å². The third-order valence-corrected chi connectivity index (χ3v) is 7.66. The van der Waals surface area contributed by atoms with E-state index in [1.165, 1.54) is 35.1 Å². The molecular formula is C28H34ClF3N4O4. The van der Waals surface area contributed by atoms with Gasteiger partial charge in [-0.3, -0.25) is 9.59 Å². The van der Waals surface area contributed by atoms with Gasteiger partial charge in [0.1, 0.15) is 16.7 Å². The molecule has 0 bridgehead atoms. The second kappa shape index (κ2) is 12.6. The van der Waals surface area contributed by atoms with Crippen molar-refractivity contribution in [1.29, 1.82) is 0 Å². The van der Waals surface area contributed by atoms with Gasteiger partial charge in [-0.15, -0.1) is 0 Å². The van der Waals surface area contributed by atoms with Gasteiger partial charge < -0.3 is 24.2 Å². The zero-order valence-corrected chi connectivity index (χ0v) is 23.5. The Bertz CT molecular complexity index is 1200. The predicted octanol–water partition coefficient (Wildman–Crippen LogP) is 4.77. The molecule has 2 saturated heterocycles. The molecule has 2 fully saturated rings. The average molecular weight is 583 g/mol. The highest BCUT2D eigenvalue weighted by Gasteiger charge is 2.48. The molecule has 0 N–H and O–H groups in total. The van der Waals surface area contributed by atoms with Crippen LogP contribution >= 0.6 is 11.6 Å². The molecule has 0 saturated carbocycles. The van der Waals surface area contributed by atoms with Gasteiger partial charge in [0.05, 0.1) is 24.9 Å². The minimum Gasteiger partial charge on any atom is -0.497 e. The number of carbonyl (C=O) groups is 2. The van der Waals surface area contributed by atoms with Crippen LogP contribution in [0.2, 0.25) is 5.15 Å². The summed E-state index contributed by atoms with van der Waals surface area (Å²) in [5, 5.41) is 0.162. The number of likely N-dealkylation sites (tertiary alicyclic amines) is 1. The van der Waals surface area contributed by atoms with Crippen molar-refractivity contribution in [3.63, 3.8) is 0 Å². The number of pyridine rings is 1. The zero-order valence-electron chi connectivity index (χ0n) is 22.8. The van der Waals surface area contributed by atoms with Crippen molar-refractivity contribution in [2.24, 2.45) is 0 Å². The molecule has 3 heterocycles. The van der Waals surface area contributed by atoms with E-state index in [0.29, 0.717) is 37.3 Å². The van der Waals surface area contributed by atoms with E-state index < -0.39 is 18.0 Å². The first kappa shape index (κ1) is 29.9. The third-order valence-electron chi connectivity index (χ3n) is 7.38. The van der Waals surface area contributed by atoms with E-state index in [4.69, 9.17) is 21.1 Å². The van der Waals surface area contributed by atoms with Crippen molar-refractivity contribution in [2.75, 3.05) is 52.3 Å². The number of piperidine rings is 2. The van der Waals surface area contributed by atoms with Gasteiger partial charge in [-0.1, -0.05) is 23.7 Å². The van der Waals surface area contributed by atoms with Crippen molar-refractivity contribution in [2.45, 2.75) is 50.0 Å². The van der Waals surface area contributed by atoms with E-state index in [2.05, 4.69) is 9.88 Å². The van der Waals surface area contributed by atoms with E-state index >= 15 is 0 Å². The molecule has 1 atom stereocenters. The van der Waals surface area contributed by atoms with Crippen LogP contribution in [0.4, 0.5) is 19.0 Å². The zero-order chi connectivity index (χ0) is 29.0. The van der Waals surface area contributed by atoms with Crippen molar-refractivity contribution >= 4 is 29.2 Å². The molecule has 0 radical (unpaired) electrons. The van der Waals surface area contributed by atoms with Crippen LogP contribution in [0.1, 0.15) is 47.5 Å². The SMILES string of the molecule is COc1cccc(C(C(=O)N2CCC(OC3CCN(c4ccc(C(=O)N(C)C)c(Cl)n4)CC3)CC2)C(F)(F)F)c1. The predicted molar refractivity (Wildman–Crippen MR) is 145 cm³/mol. The Morgan fingerprint density at radius 1 is 1.02 bits per heavy atom. The highest BCUT2D eigenvalue weighted by Crippen LogP contribution is 2.38. The molecular weight excluding hydrogens is 549 g/mol. The lowest BCUT2D eigenvalue weighted by Crippen LogP contribution is -2.47. The molecule has 0 aliphatic carbocycles. The summed E-state index contributed by atoms with van der Waals surface area (Å²) in [5.74, 6) is -2.43. The number of hydrogen-bond acceptors (Lipinski definition) is 6. The van der Waals surface area contributed by atoms with Gasteiger partial charge >= 0.3 is 6.18 Å². The fraction of sp³-hybridized carbons (Fsp3) is 0.536. The number of rotatable bonds is 7. The molecule has 1 aromatic heterocycles. The summed E-state index contributed by atoms with van der Waals surface area (Å²) in [4.78, 5) is 34.4. The minimum atomic E-state index is -4.72. The van der Waals surface area contributed by atoms with Crippen molar-refractivity contribution < 1.29 is 32.2 Å². The Labute approximate surface area is 237 Å². The first-order valence-electron chi connectivity index (χ1n) is 13.3. The van der Waals surface area contributed by atoms with Crippen molar-refractivity contribution in [1.82, 2.24) is 14.8 Å². The van der Waals surface area contributed by atoms with Crippen LogP contribution in [0.25, 0.3) is 0 Å². The lowest BCUT2D eigenvalue weighted by molar-refractivity contribution is -0.173. The maximum Gasteiger partial charge on any atom is 0.404 e. The number of carbonyl (C=O) groups excluding carboxylic acids is 2. The number of hydrogen-bond donors (Lipinski definition) is 0. The van der Waals surface area contributed by atoms with Gasteiger partial charge in [-0.25, -0.2) is 4.98 Å². The Morgan fingerprint density at radius 2 is 1.65 bits per heavy atom. The van der Waals surface area contributed by atoms with Crippen molar-refractivity contribution in [3.05, 3.63) is 52.7 Å². The fourth-order valence-electron chi connectivity index (χ4n) is 5.18. The standard InChI is InChI=1S/C28H34ClF3N4O4/c1-34(2)26(37)22-7-8-23(33-25(22)29)35-13-9-19(10-14-35)40-20-11-15-36(16-12-20)27(38)24(28(30,31)32)18-5-4-6-21(17-18)39-3/h4-8,17,19-20,24H,9-16H2,1-3H3. The summed E-state index contributed by atoms with van der Waals surface area (Å²) in [6.07, 6.45) is -2.36. The maximum absolute atomic E-state index is 14.0. The molecule has 8 nitrogen and oxygen atoms in total. The molecule has 218 valence electrons. The molecule has 40 heavy (non-hydrogen) atoms. The largest absolute Gasteiger partial charge is 0.497 e. The molecule has 1 unspecified atom stereocenters. The first-order valence-corrected chi connectivity index (χ1v) is 13.6. The highest BCUT2D eigenvalue weighted by molar-refractivity contribution is 6.32. The molecule has 2 aliphatic rings. The number of benzene rings is 1. The van der Waals surface area contributed by atoms with Crippen LogP contribution in [0.15, 0.2) is 36.4 Å². The van der Waals surface area contributed by atoms with Crippen LogP contribution in [-0.2, 0) is 9.53 Å². The Balaban J connectivity index is 1.28. The van der Waals surface area contributed by atoms with E-state index in [1.54, 1.807) is 32.3 Å². The summed E-state index contributed by atoms with van der Waals surface area (Å²) in [7, 11) is 4.68. The number of amides is 2. The minimum absolute atomic E-state index is 0.00766. The third kappa shape index (κ3) is 6.98. The molecule has 1 aromatic carbocycles. The number of nitrogens with zero attached hydrogens (tertiary/aromatic N) is 4. The molecule has 0 spiro atoms. The van der Waals surface area contributed by atoms with Gasteiger partial charge in [0.15, 0.2) is 5.92 Å². The van der Waals surface area contributed by atoms with Gasteiger partial charge in [-0.05, 0) is 55.5 Å². The quantitative estimate of drug-likeness (QED) is 0.438. The number of halogens is 4. The molecule has 2 amide bonds. The second-order valence-electron chi connectivity index (χ2n) is 10.3. The molecule has 4 rings (SSSR count). The summed E-state index contributed by atoms with van der Waals surface area (Å²) in [6, 6.07) is 9.04. The van der Waals surface area contributed by atoms with Crippen molar-refractivity contribution in [3.8, 4) is 5.75 Å². The van der Waals surface area contributed by atoms with Gasteiger partial charge in [0.25, 0.3) is 5.91 Å². The number of ether oxygens (including phenoxy) is 2. The lowest BCUT2D eigenvalue weighted by Gasteiger charge is -2.38. The summed E-state index contributed by atoms with van der Waals surface area (Å²) < 4.78 is 53.2. The van der Waals surface area contributed by atoms with Crippen LogP contribution in [0.3, 0.4) is 0 Å². The summed E-state index contributed by atoms with van der Waals surface area (Å²) in [6.45, 7) is 1.80. The van der Waals surface area contributed by atoms with Crippen LogP contribution in [0.5, 0.6) is 5.75 Å². The van der Waals surface area contributed by atoms with Crippen LogP contribution in [0, 0.1) is 0 Å². The molecule has 2 aliphatic heterocycles. The Hall–Kier alpha value is -3.05.